The fourth-order valence-corrected chi connectivity index (χ4v) is 2.53. The zero-order valence-electron chi connectivity index (χ0n) is 12.3. The van der Waals surface area contributed by atoms with Crippen LogP contribution in [0.5, 0.6) is 0 Å². The number of rotatable bonds is 4. The smallest absolute Gasteiger partial charge is 0.228 e. The molecule has 20 heavy (non-hydrogen) atoms. The van der Waals surface area contributed by atoms with E-state index in [2.05, 4.69) is 11.8 Å². The van der Waals surface area contributed by atoms with E-state index in [4.69, 9.17) is 0 Å². The van der Waals surface area contributed by atoms with Gasteiger partial charge < -0.3 is 14.9 Å². The largest absolute Gasteiger partial charge is 0.392 e. The Hall–Kier alpha value is -1.39. The molecule has 4 heteroatoms. The quantitative estimate of drug-likeness (QED) is 0.911. The van der Waals surface area contributed by atoms with E-state index in [1.54, 1.807) is 4.90 Å². The van der Waals surface area contributed by atoms with E-state index in [1.165, 1.54) is 0 Å². The molecule has 0 aromatic heterocycles. The van der Waals surface area contributed by atoms with Crippen molar-refractivity contribution in [1.82, 2.24) is 4.90 Å². The summed E-state index contributed by atoms with van der Waals surface area (Å²) < 4.78 is 0. The van der Waals surface area contributed by atoms with Crippen LogP contribution in [0.3, 0.4) is 0 Å². The zero-order chi connectivity index (χ0) is 14.5. The fourth-order valence-electron chi connectivity index (χ4n) is 2.53. The minimum Gasteiger partial charge on any atom is -0.392 e. The van der Waals surface area contributed by atoms with E-state index in [0.717, 1.165) is 25.2 Å². The maximum atomic E-state index is 12.2. The average Bonchev–Trinajstić information content (AvgIpc) is 2.48. The Labute approximate surface area is 121 Å². The molecule has 1 aliphatic heterocycles. The molecule has 0 saturated carbocycles. The summed E-state index contributed by atoms with van der Waals surface area (Å²) in [6.07, 6.45) is 1.24. The van der Waals surface area contributed by atoms with Gasteiger partial charge in [0.15, 0.2) is 0 Å². The Morgan fingerprint density at radius 2 is 2.10 bits per heavy atom. The second kappa shape index (κ2) is 6.86. The molecule has 1 saturated heterocycles. The minimum atomic E-state index is -0.259. The summed E-state index contributed by atoms with van der Waals surface area (Å²) in [5.41, 5.74) is 0.921. The third-order valence-corrected chi connectivity index (χ3v) is 4.16. The highest BCUT2D eigenvalue weighted by atomic mass is 16.3. The zero-order valence-corrected chi connectivity index (χ0v) is 12.3. The van der Waals surface area contributed by atoms with Crippen LogP contribution in [0, 0.1) is 5.92 Å². The van der Waals surface area contributed by atoms with E-state index < -0.39 is 0 Å². The normalized spacial score (nSPS) is 23.6. The lowest BCUT2D eigenvalue weighted by atomic mass is 9.96. The van der Waals surface area contributed by atoms with Gasteiger partial charge in [-0.15, -0.1) is 0 Å². The van der Waals surface area contributed by atoms with Crippen LogP contribution in [0.15, 0.2) is 30.3 Å². The maximum absolute atomic E-state index is 12.2. The van der Waals surface area contributed by atoms with E-state index in [1.807, 2.05) is 37.4 Å². The van der Waals surface area contributed by atoms with Crippen LogP contribution in [0.4, 0.5) is 5.69 Å². The molecular weight excluding hydrogens is 252 g/mol. The molecule has 2 atom stereocenters. The van der Waals surface area contributed by atoms with E-state index in [0.29, 0.717) is 18.9 Å². The summed E-state index contributed by atoms with van der Waals surface area (Å²) in [5, 5.41) is 9.86. The molecule has 0 aliphatic carbocycles. The number of amides is 1. The number of aliphatic hydroxyl groups excluding tert-OH is 1. The topological polar surface area (TPSA) is 43.8 Å². The lowest BCUT2D eigenvalue weighted by Gasteiger charge is -2.34. The molecule has 1 aliphatic rings. The predicted octanol–water partition coefficient (Wildman–Crippen LogP) is 1.74. The van der Waals surface area contributed by atoms with Crippen molar-refractivity contribution in [3.05, 3.63) is 30.3 Å². The second-order valence-corrected chi connectivity index (χ2v) is 5.67. The molecule has 2 rings (SSSR count). The molecule has 0 spiro atoms. The monoisotopic (exact) mass is 276 g/mol. The average molecular weight is 276 g/mol. The third-order valence-electron chi connectivity index (χ3n) is 4.16. The first-order valence-electron chi connectivity index (χ1n) is 7.30. The Morgan fingerprint density at radius 1 is 1.40 bits per heavy atom. The molecule has 1 N–H and O–H groups in total. The number of hydrogen-bond acceptors (Lipinski definition) is 3. The Morgan fingerprint density at radius 3 is 2.75 bits per heavy atom. The molecule has 1 aromatic carbocycles. The number of aliphatic hydroxyl groups is 1. The Bertz CT molecular complexity index is 435. The third kappa shape index (κ3) is 3.81. The van der Waals surface area contributed by atoms with Gasteiger partial charge in [-0.2, -0.15) is 0 Å². The highest BCUT2D eigenvalue weighted by Gasteiger charge is 2.24. The molecule has 2 unspecified atom stereocenters. The van der Waals surface area contributed by atoms with E-state index in [-0.39, 0.29) is 12.0 Å². The molecule has 4 nitrogen and oxygen atoms in total. The molecule has 1 fully saturated rings. The number of hydrogen-bond donors (Lipinski definition) is 1. The van der Waals surface area contributed by atoms with Gasteiger partial charge in [0.2, 0.25) is 5.91 Å². The van der Waals surface area contributed by atoms with Crippen LogP contribution in [-0.4, -0.2) is 48.7 Å². The van der Waals surface area contributed by atoms with Gasteiger partial charge in [-0.3, -0.25) is 4.79 Å². The number of benzene rings is 1. The highest BCUT2D eigenvalue weighted by molar-refractivity contribution is 5.92. The Kier molecular flexibility index (Phi) is 5.15. The fraction of sp³-hybridized carbons (Fsp3) is 0.562. The summed E-state index contributed by atoms with van der Waals surface area (Å²) in [4.78, 5) is 16.0. The number of para-hydroxylation sites is 1. The summed E-state index contributed by atoms with van der Waals surface area (Å²) in [5.74, 6) is 0.484. The SMILES string of the molecule is CC1CCN(CCC(=O)N(C)c2ccccc2)CC1O. The first kappa shape index (κ1) is 15.0. The van der Waals surface area contributed by atoms with Gasteiger partial charge >= 0.3 is 0 Å². The number of nitrogens with zero attached hydrogens (tertiary/aromatic N) is 2. The molecule has 0 bridgehead atoms. The summed E-state index contributed by atoms with van der Waals surface area (Å²) >= 11 is 0. The number of carbonyl (C=O) groups excluding carboxylic acids is 1. The molecule has 1 heterocycles. The van der Waals surface area contributed by atoms with Gasteiger partial charge in [0.05, 0.1) is 6.10 Å². The van der Waals surface area contributed by atoms with Crippen LogP contribution >= 0.6 is 0 Å². The van der Waals surface area contributed by atoms with Gasteiger partial charge in [0, 0.05) is 32.2 Å². The van der Waals surface area contributed by atoms with Crippen LogP contribution in [0.25, 0.3) is 0 Å². The van der Waals surface area contributed by atoms with Crippen molar-refractivity contribution < 1.29 is 9.90 Å². The molecule has 0 radical (unpaired) electrons. The number of β-amino-alcohol motifs (C(OH)–C–C–N with tert-alkyl or cyclic N) is 1. The minimum absolute atomic E-state index is 0.115. The van der Waals surface area contributed by atoms with E-state index >= 15 is 0 Å². The molecule has 1 amide bonds. The van der Waals surface area contributed by atoms with Gasteiger partial charge in [0.1, 0.15) is 0 Å². The van der Waals surface area contributed by atoms with Crippen LogP contribution in [-0.2, 0) is 4.79 Å². The standard InChI is InChI=1S/C16H24N2O2/c1-13-8-10-18(12-15(13)19)11-9-16(20)17(2)14-6-4-3-5-7-14/h3-7,13,15,19H,8-12H2,1-2H3. The highest BCUT2D eigenvalue weighted by Crippen LogP contribution is 2.17. The van der Waals surface area contributed by atoms with Crippen molar-refractivity contribution in [1.29, 1.82) is 0 Å². The summed E-state index contributed by atoms with van der Waals surface area (Å²) in [6, 6.07) is 9.68. The first-order valence-corrected chi connectivity index (χ1v) is 7.30. The summed E-state index contributed by atoms with van der Waals surface area (Å²) in [7, 11) is 1.81. The maximum Gasteiger partial charge on any atom is 0.228 e. The number of likely N-dealkylation sites (tertiary alicyclic amines) is 1. The van der Waals surface area contributed by atoms with Crippen LogP contribution in [0.1, 0.15) is 19.8 Å². The lowest BCUT2D eigenvalue weighted by molar-refractivity contribution is -0.118. The van der Waals surface area contributed by atoms with Crippen LogP contribution in [0.2, 0.25) is 0 Å². The van der Waals surface area contributed by atoms with Crippen molar-refractivity contribution >= 4 is 11.6 Å². The van der Waals surface area contributed by atoms with Gasteiger partial charge in [-0.1, -0.05) is 25.1 Å². The van der Waals surface area contributed by atoms with Crippen molar-refractivity contribution in [3.8, 4) is 0 Å². The Balaban J connectivity index is 1.81. The molecule has 110 valence electrons. The first-order chi connectivity index (χ1) is 9.58. The number of carbonyl (C=O) groups is 1. The lowest BCUT2D eigenvalue weighted by Crippen LogP contribution is -2.44. The van der Waals surface area contributed by atoms with Crippen molar-refractivity contribution in [2.75, 3.05) is 31.6 Å². The van der Waals surface area contributed by atoms with Crippen molar-refractivity contribution in [2.45, 2.75) is 25.9 Å². The van der Waals surface area contributed by atoms with Crippen LogP contribution < -0.4 is 4.90 Å². The van der Waals surface area contributed by atoms with Crippen molar-refractivity contribution in [2.24, 2.45) is 5.92 Å². The van der Waals surface area contributed by atoms with E-state index in [9.17, 15) is 9.90 Å². The predicted molar refractivity (Wildman–Crippen MR) is 80.7 cm³/mol. The van der Waals surface area contributed by atoms with Crippen molar-refractivity contribution in [3.63, 3.8) is 0 Å². The number of piperidine rings is 1. The number of anilines is 1. The van der Waals surface area contributed by atoms with Gasteiger partial charge in [-0.25, -0.2) is 0 Å². The molecule has 1 aromatic rings. The molecular formula is C16H24N2O2. The summed E-state index contributed by atoms with van der Waals surface area (Å²) in [6.45, 7) is 4.46. The second-order valence-electron chi connectivity index (χ2n) is 5.67. The van der Waals surface area contributed by atoms with Gasteiger partial charge in [-0.05, 0) is 31.0 Å². The van der Waals surface area contributed by atoms with Gasteiger partial charge in [0.25, 0.3) is 0 Å².